The second kappa shape index (κ2) is 7.74. The lowest BCUT2D eigenvalue weighted by Gasteiger charge is -2.17. The monoisotopic (exact) mass is 268 g/mol. The Morgan fingerprint density at radius 2 is 2.05 bits per heavy atom. The molecule has 1 aromatic carbocycles. The topological polar surface area (TPSA) is 61.4 Å². The van der Waals surface area contributed by atoms with Crippen molar-refractivity contribution in [1.82, 2.24) is 10.6 Å². The van der Waals surface area contributed by atoms with Gasteiger partial charge in [0.25, 0.3) is 0 Å². The summed E-state index contributed by atoms with van der Waals surface area (Å²) in [4.78, 5) is 11.6. The van der Waals surface area contributed by atoms with Crippen LogP contribution in [-0.2, 0) is 0 Å². The van der Waals surface area contributed by atoms with Gasteiger partial charge in [-0.05, 0) is 30.5 Å². The molecular formula is C14H21FN2O2. The van der Waals surface area contributed by atoms with Gasteiger partial charge < -0.3 is 15.7 Å². The van der Waals surface area contributed by atoms with Crippen LogP contribution in [0, 0.1) is 5.82 Å². The Kier molecular flexibility index (Phi) is 6.29. The molecule has 0 saturated heterocycles. The smallest absolute Gasteiger partial charge is 0.315 e. The summed E-state index contributed by atoms with van der Waals surface area (Å²) >= 11 is 0. The van der Waals surface area contributed by atoms with Crippen molar-refractivity contribution in [2.24, 2.45) is 0 Å². The zero-order valence-electron chi connectivity index (χ0n) is 11.3. The lowest BCUT2D eigenvalue weighted by molar-refractivity contribution is 0.172. The first-order valence-electron chi connectivity index (χ1n) is 6.54. The Bertz CT molecular complexity index is 408. The van der Waals surface area contributed by atoms with Crippen molar-refractivity contribution in [2.75, 3.05) is 6.54 Å². The number of carbonyl (C=O) groups excluding carboxylic acids is 1. The molecule has 0 bridgehead atoms. The summed E-state index contributed by atoms with van der Waals surface area (Å²) in [5.41, 5.74) is 0.447. The quantitative estimate of drug-likeness (QED) is 0.741. The third kappa shape index (κ3) is 5.26. The van der Waals surface area contributed by atoms with Crippen molar-refractivity contribution in [1.29, 1.82) is 0 Å². The predicted molar refractivity (Wildman–Crippen MR) is 72.3 cm³/mol. The molecule has 0 aliphatic heterocycles. The standard InChI is InChI=1S/C14H21FN2O2/c1-3-12(4-2)17-14(19)16-9-13(18)10-6-5-7-11(15)8-10/h5-8,12-13,18H,3-4,9H2,1-2H3,(H2,16,17,19)/t13-/m0/s1. The Labute approximate surface area is 113 Å². The molecule has 5 heteroatoms. The zero-order chi connectivity index (χ0) is 14.3. The van der Waals surface area contributed by atoms with Gasteiger partial charge in [-0.3, -0.25) is 0 Å². The van der Waals surface area contributed by atoms with E-state index in [1.54, 1.807) is 6.07 Å². The summed E-state index contributed by atoms with van der Waals surface area (Å²) in [5, 5.41) is 15.2. The van der Waals surface area contributed by atoms with Gasteiger partial charge in [-0.25, -0.2) is 9.18 Å². The fourth-order valence-corrected chi connectivity index (χ4v) is 1.75. The highest BCUT2D eigenvalue weighted by molar-refractivity contribution is 5.74. The lowest BCUT2D eigenvalue weighted by Crippen LogP contribution is -2.42. The third-order valence-electron chi connectivity index (χ3n) is 3.01. The largest absolute Gasteiger partial charge is 0.387 e. The van der Waals surface area contributed by atoms with Gasteiger partial charge in [-0.15, -0.1) is 0 Å². The maximum absolute atomic E-state index is 13.0. The highest BCUT2D eigenvalue weighted by Crippen LogP contribution is 2.12. The minimum atomic E-state index is -0.914. The van der Waals surface area contributed by atoms with Crippen LogP contribution < -0.4 is 10.6 Å². The van der Waals surface area contributed by atoms with Crippen LogP contribution in [0.25, 0.3) is 0 Å². The molecule has 0 fully saturated rings. The summed E-state index contributed by atoms with van der Waals surface area (Å²) < 4.78 is 13.0. The third-order valence-corrected chi connectivity index (χ3v) is 3.01. The van der Waals surface area contributed by atoms with E-state index in [0.29, 0.717) is 5.56 Å². The highest BCUT2D eigenvalue weighted by atomic mass is 19.1. The maximum atomic E-state index is 13.0. The van der Waals surface area contributed by atoms with E-state index in [1.165, 1.54) is 18.2 Å². The predicted octanol–water partition coefficient (Wildman–Crippen LogP) is 2.35. The van der Waals surface area contributed by atoms with Crippen molar-refractivity contribution < 1.29 is 14.3 Å². The molecule has 0 heterocycles. The van der Waals surface area contributed by atoms with E-state index in [1.807, 2.05) is 13.8 Å². The number of rotatable bonds is 6. The highest BCUT2D eigenvalue weighted by Gasteiger charge is 2.12. The first kappa shape index (κ1) is 15.4. The zero-order valence-corrected chi connectivity index (χ0v) is 11.3. The van der Waals surface area contributed by atoms with Crippen molar-refractivity contribution in [3.8, 4) is 0 Å². The van der Waals surface area contributed by atoms with Gasteiger partial charge in [0, 0.05) is 12.6 Å². The number of halogens is 1. The molecule has 1 atom stereocenters. The van der Waals surface area contributed by atoms with E-state index in [0.717, 1.165) is 12.8 Å². The normalized spacial score (nSPS) is 12.3. The fraction of sp³-hybridized carbons (Fsp3) is 0.500. The van der Waals surface area contributed by atoms with E-state index in [4.69, 9.17) is 0 Å². The Balaban J connectivity index is 2.41. The Morgan fingerprint density at radius 3 is 2.63 bits per heavy atom. The summed E-state index contributed by atoms with van der Waals surface area (Å²) in [6.45, 7) is 4.04. The van der Waals surface area contributed by atoms with Crippen LogP contribution in [0.2, 0.25) is 0 Å². The number of hydrogen-bond donors (Lipinski definition) is 3. The summed E-state index contributed by atoms with van der Waals surface area (Å²) in [6, 6.07) is 5.52. The molecule has 0 unspecified atom stereocenters. The number of aliphatic hydroxyl groups excluding tert-OH is 1. The van der Waals surface area contributed by atoms with Crippen LogP contribution in [0.4, 0.5) is 9.18 Å². The number of aliphatic hydroxyl groups is 1. The Hall–Kier alpha value is -1.62. The van der Waals surface area contributed by atoms with Gasteiger partial charge in [0.05, 0.1) is 6.10 Å². The molecule has 0 saturated carbocycles. The second-order valence-corrected chi connectivity index (χ2v) is 4.44. The van der Waals surface area contributed by atoms with E-state index < -0.39 is 11.9 Å². The first-order valence-corrected chi connectivity index (χ1v) is 6.54. The van der Waals surface area contributed by atoms with Crippen LogP contribution >= 0.6 is 0 Å². The van der Waals surface area contributed by atoms with Crippen LogP contribution in [0.5, 0.6) is 0 Å². The summed E-state index contributed by atoms with van der Waals surface area (Å²) in [7, 11) is 0. The molecule has 1 rings (SSSR count). The molecule has 0 aliphatic carbocycles. The van der Waals surface area contributed by atoms with Crippen molar-refractivity contribution in [2.45, 2.75) is 38.8 Å². The van der Waals surface area contributed by atoms with Gasteiger partial charge in [0.1, 0.15) is 5.82 Å². The van der Waals surface area contributed by atoms with Crippen molar-refractivity contribution in [3.05, 3.63) is 35.6 Å². The lowest BCUT2D eigenvalue weighted by atomic mass is 10.1. The van der Waals surface area contributed by atoms with Crippen LogP contribution in [-0.4, -0.2) is 23.7 Å². The molecule has 3 N–H and O–H groups in total. The molecule has 2 amide bonds. The second-order valence-electron chi connectivity index (χ2n) is 4.44. The van der Waals surface area contributed by atoms with E-state index in [-0.39, 0.29) is 18.6 Å². The maximum Gasteiger partial charge on any atom is 0.315 e. The minimum absolute atomic E-state index is 0.0510. The number of urea groups is 1. The fourth-order valence-electron chi connectivity index (χ4n) is 1.75. The molecule has 4 nitrogen and oxygen atoms in total. The van der Waals surface area contributed by atoms with E-state index >= 15 is 0 Å². The molecule has 19 heavy (non-hydrogen) atoms. The molecule has 0 aliphatic rings. The molecular weight excluding hydrogens is 247 g/mol. The van der Waals surface area contributed by atoms with E-state index in [9.17, 15) is 14.3 Å². The van der Waals surface area contributed by atoms with Gasteiger partial charge in [0.2, 0.25) is 0 Å². The molecule has 0 aromatic heterocycles. The molecule has 0 spiro atoms. The number of benzene rings is 1. The van der Waals surface area contributed by atoms with Crippen LogP contribution in [0.3, 0.4) is 0 Å². The number of hydrogen-bond acceptors (Lipinski definition) is 2. The number of amides is 2. The molecule has 106 valence electrons. The van der Waals surface area contributed by atoms with Gasteiger partial charge >= 0.3 is 6.03 Å². The Morgan fingerprint density at radius 1 is 1.37 bits per heavy atom. The van der Waals surface area contributed by atoms with Crippen LogP contribution in [0.1, 0.15) is 38.4 Å². The number of nitrogens with one attached hydrogen (secondary N) is 2. The van der Waals surface area contributed by atoms with Crippen molar-refractivity contribution in [3.63, 3.8) is 0 Å². The molecule has 0 radical (unpaired) electrons. The van der Waals surface area contributed by atoms with Crippen LogP contribution in [0.15, 0.2) is 24.3 Å². The van der Waals surface area contributed by atoms with Gasteiger partial charge in [0.15, 0.2) is 0 Å². The average molecular weight is 268 g/mol. The minimum Gasteiger partial charge on any atom is -0.387 e. The van der Waals surface area contributed by atoms with Crippen molar-refractivity contribution >= 4 is 6.03 Å². The first-order chi connectivity index (χ1) is 9.06. The van der Waals surface area contributed by atoms with Gasteiger partial charge in [-0.2, -0.15) is 0 Å². The summed E-state index contributed by atoms with van der Waals surface area (Å²) in [5.74, 6) is -0.405. The SMILES string of the molecule is CCC(CC)NC(=O)NC[C@H](O)c1cccc(F)c1. The summed E-state index contributed by atoms with van der Waals surface area (Å²) in [6.07, 6.45) is 0.801. The average Bonchev–Trinajstić information content (AvgIpc) is 2.42. The number of carbonyl (C=O) groups is 1. The van der Waals surface area contributed by atoms with Gasteiger partial charge in [-0.1, -0.05) is 26.0 Å². The van der Waals surface area contributed by atoms with E-state index in [2.05, 4.69) is 10.6 Å². The molecule has 1 aromatic rings.